The van der Waals surface area contributed by atoms with Crippen LogP contribution in [0.15, 0.2) is 24.8 Å². The Morgan fingerprint density at radius 3 is 2.53 bits per heavy atom. The number of ether oxygens (including phenoxy) is 1. The number of rotatable bonds is 2. The number of methoxy groups -OCH3 is 1. The maximum Gasteiger partial charge on any atom is 0.134 e. The molecule has 0 unspecified atom stereocenters. The van der Waals surface area contributed by atoms with E-state index in [-0.39, 0.29) is 11.5 Å². The summed E-state index contributed by atoms with van der Waals surface area (Å²) < 4.78 is 5.08. The summed E-state index contributed by atoms with van der Waals surface area (Å²) in [6.07, 6.45) is 1.58. The minimum Gasteiger partial charge on any atom is -0.507 e. The Balaban J connectivity index is 2.91. The number of hydrogen-bond acceptors (Lipinski definition) is 3. The van der Waals surface area contributed by atoms with Gasteiger partial charge < -0.3 is 14.9 Å². The van der Waals surface area contributed by atoms with Gasteiger partial charge in [-0.2, -0.15) is 0 Å². The van der Waals surface area contributed by atoms with Gasteiger partial charge in [0.1, 0.15) is 17.2 Å². The molecule has 0 aliphatic heterocycles. The van der Waals surface area contributed by atoms with Crippen LogP contribution in [-0.2, 0) is 0 Å². The Hall–Kier alpha value is -2.16. The van der Waals surface area contributed by atoms with Crippen molar-refractivity contribution in [2.24, 2.45) is 0 Å². The molecule has 0 aromatic heterocycles. The highest BCUT2D eigenvalue weighted by Crippen LogP contribution is 2.40. The molecule has 17 heavy (non-hydrogen) atoms. The van der Waals surface area contributed by atoms with Crippen molar-refractivity contribution in [3.63, 3.8) is 0 Å². The molecule has 0 aliphatic carbocycles. The quantitative estimate of drug-likeness (QED) is 0.832. The van der Waals surface area contributed by atoms with E-state index in [1.165, 1.54) is 13.2 Å². The monoisotopic (exact) mass is 230 g/mol. The van der Waals surface area contributed by atoms with Gasteiger partial charge in [0.05, 0.1) is 12.5 Å². The van der Waals surface area contributed by atoms with Crippen molar-refractivity contribution in [2.75, 3.05) is 7.11 Å². The van der Waals surface area contributed by atoms with Crippen LogP contribution in [0.2, 0.25) is 0 Å². The first-order valence-electron chi connectivity index (χ1n) is 5.24. The minimum absolute atomic E-state index is 0.0000463. The largest absolute Gasteiger partial charge is 0.507 e. The van der Waals surface area contributed by atoms with Crippen molar-refractivity contribution in [1.82, 2.24) is 0 Å². The maximum atomic E-state index is 10.1. The third-order valence-electron chi connectivity index (χ3n) is 2.85. The number of phenolic OH excluding ortho intramolecular Hbond substituents is 2. The van der Waals surface area contributed by atoms with Crippen LogP contribution in [0.3, 0.4) is 0 Å². The number of phenols is 2. The molecule has 0 bridgehead atoms. The molecule has 2 aromatic rings. The fraction of sp³-hybridized carbons (Fsp3) is 0.143. The van der Waals surface area contributed by atoms with Gasteiger partial charge in [-0.1, -0.05) is 18.7 Å². The highest BCUT2D eigenvalue weighted by Gasteiger charge is 2.12. The summed E-state index contributed by atoms with van der Waals surface area (Å²) in [5.41, 5.74) is 1.54. The van der Waals surface area contributed by atoms with Gasteiger partial charge in [0, 0.05) is 11.6 Å². The van der Waals surface area contributed by atoms with Gasteiger partial charge in [0.2, 0.25) is 0 Å². The zero-order valence-corrected chi connectivity index (χ0v) is 9.82. The predicted molar refractivity (Wildman–Crippen MR) is 68.7 cm³/mol. The standard InChI is InChI=1S/C14H14O3/c1-4-11-8(2)5-9-6-10(17-3)7-12(15)13(9)14(11)16/h4-7,15-16H,1H2,2-3H3. The fourth-order valence-corrected chi connectivity index (χ4v) is 2.00. The molecule has 0 radical (unpaired) electrons. The van der Waals surface area contributed by atoms with Crippen LogP contribution in [0.1, 0.15) is 11.1 Å². The lowest BCUT2D eigenvalue weighted by molar-refractivity contribution is 0.408. The topological polar surface area (TPSA) is 49.7 Å². The predicted octanol–water partition coefficient (Wildman–Crippen LogP) is 3.21. The van der Waals surface area contributed by atoms with Crippen LogP contribution in [0.25, 0.3) is 16.8 Å². The van der Waals surface area contributed by atoms with Crippen LogP contribution in [0.4, 0.5) is 0 Å². The van der Waals surface area contributed by atoms with Crippen LogP contribution in [-0.4, -0.2) is 17.3 Å². The smallest absolute Gasteiger partial charge is 0.134 e. The van der Waals surface area contributed by atoms with Crippen LogP contribution >= 0.6 is 0 Å². The zero-order chi connectivity index (χ0) is 12.6. The second kappa shape index (κ2) is 4.01. The number of benzene rings is 2. The molecular weight excluding hydrogens is 216 g/mol. The van der Waals surface area contributed by atoms with Gasteiger partial charge in [-0.25, -0.2) is 0 Å². The van der Waals surface area contributed by atoms with Crippen molar-refractivity contribution in [3.8, 4) is 17.2 Å². The van der Waals surface area contributed by atoms with Gasteiger partial charge in [-0.15, -0.1) is 0 Å². The lowest BCUT2D eigenvalue weighted by Gasteiger charge is -2.11. The van der Waals surface area contributed by atoms with E-state index in [4.69, 9.17) is 4.74 Å². The Labute approximate surface area is 99.6 Å². The van der Waals surface area contributed by atoms with E-state index in [1.807, 2.05) is 13.0 Å². The fourth-order valence-electron chi connectivity index (χ4n) is 2.00. The maximum absolute atomic E-state index is 10.1. The van der Waals surface area contributed by atoms with E-state index in [1.54, 1.807) is 12.1 Å². The molecule has 0 spiro atoms. The van der Waals surface area contributed by atoms with Gasteiger partial charge in [0.25, 0.3) is 0 Å². The van der Waals surface area contributed by atoms with Crippen molar-refractivity contribution < 1.29 is 14.9 Å². The number of aryl methyl sites for hydroxylation is 1. The summed E-state index contributed by atoms with van der Waals surface area (Å²) >= 11 is 0. The van der Waals surface area contributed by atoms with Crippen LogP contribution < -0.4 is 4.74 Å². The summed E-state index contributed by atoms with van der Waals surface area (Å²) in [6, 6.07) is 5.13. The Morgan fingerprint density at radius 2 is 1.94 bits per heavy atom. The average molecular weight is 230 g/mol. The van der Waals surface area contributed by atoms with Crippen LogP contribution in [0.5, 0.6) is 17.2 Å². The first-order chi connectivity index (χ1) is 8.08. The molecule has 3 nitrogen and oxygen atoms in total. The van der Waals surface area contributed by atoms with E-state index >= 15 is 0 Å². The summed E-state index contributed by atoms with van der Waals surface area (Å²) in [6.45, 7) is 5.54. The van der Waals surface area contributed by atoms with E-state index in [0.717, 1.165) is 10.9 Å². The molecule has 2 N–H and O–H groups in total. The normalized spacial score (nSPS) is 10.5. The summed E-state index contributed by atoms with van der Waals surface area (Å²) in [5.74, 6) is 0.607. The lowest BCUT2D eigenvalue weighted by atomic mass is 9.99. The molecule has 0 aliphatic rings. The first-order valence-corrected chi connectivity index (χ1v) is 5.24. The van der Waals surface area contributed by atoms with E-state index < -0.39 is 0 Å². The Kier molecular flexibility index (Phi) is 2.68. The molecule has 3 heteroatoms. The summed E-state index contributed by atoms with van der Waals surface area (Å²) in [5, 5.41) is 21.2. The molecule has 2 aromatic carbocycles. The molecule has 2 rings (SSSR count). The molecule has 0 heterocycles. The van der Waals surface area contributed by atoms with Gasteiger partial charge in [-0.05, 0) is 23.9 Å². The van der Waals surface area contributed by atoms with Crippen molar-refractivity contribution in [1.29, 1.82) is 0 Å². The summed E-state index contributed by atoms with van der Waals surface area (Å²) in [4.78, 5) is 0. The molecule has 0 fully saturated rings. The van der Waals surface area contributed by atoms with Crippen molar-refractivity contribution >= 4 is 16.8 Å². The lowest BCUT2D eigenvalue weighted by Crippen LogP contribution is -1.88. The highest BCUT2D eigenvalue weighted by atomic mass is 16.5. The molecule has 0 atom stereocenters. The molecular formula is C14H14O3. The summed E-state index contributed by atoms with van der Waals surface area (Å²) in [7, 11) is 1.53. The van der Waals surface area contributed by atoms with E-state index in [9.17, 15) is 10.2 Å². The highest BCUT2D eigenvalue weighted by molar-refractivity contribution is 5.97. The first kappa shape index (κ1) is 11.3. The second-order valence-corrected chi connectivity index (χ2v) is 3.90. The molecule has 0 amide bonds. The van der Waals surface area contributed by atoms with Gasteiger partial charge >= 0.3 is 0 Å². The third-order valence-corrected chi connectivity index (χ3v) is 2.85. The number of aromatic hydroxyl groups is 2. The van der Waals surface area contributed by atoms with Crippen molar-refractivity contribution in [3.05, 3.63) is 35.9 Å². The van der Waals surface area contributed by atoms with Gasteiger partial charge in [-0.3, -0.25) is 0 Å². The molecule has 88 valence electrons. The number of hydrogen-bond donors (Lipinski definition) is 2. The average Bonchev–Trinajstić information content (AvgIpc) is 2.28. The van der Waals surface area contributed by atoms with E-state index in [2.05, 4.69) is 6.58 Å². The second-order valence-electron chi connectivity index (χ2n) is 3.90. The zero-order valence-electron chi connectivity index (χ0n) is 9.82. The SMILES string of the molecule is C=Cc1c(C)cc2cc(OC)cc(O)c2c1O. The molecule has 0 saturated heterocycles. The minimum atomic E-state index is -0.0000463. The van der Waals surface area contributed by atoms with E-state index in [0.29, 0.717) is 16.7 Å². The van der Waals surface area contributed by atoms with Crippen molar-refractivity contribution in [2.45, 2.75) is 6.92 Å². The number of fused-ring (bicyclic) bond motifs is 1. The third kappa shape index (κ3) is 1.69. The Bertz CT molecular complexity index is 600. The molecule has 0 saturated carbocycles. The van der Waals surface area contributed by atoms with Gasteiger partial charge in [0.15, 0.2) is 0 Å². The Morgan fingerprint density at radius 1 is 1.24 bits per heavy atom. The van der Waals surface area contributed by atoms with Crippen LogP contribution in [0, 0.1) is 6.92 Å².